The topological polar surface area (TPSA) is 180 Å². The van der Waals surface area contributed by atoms with Gasteiger partial charge in [0.2, 0.25) is 23.6 Å². The average molecular weight is 979 g/mol. The Bertz CT molecular complexity index is 2510. The van der Waals surface area contributed by atoms with Crippen molar-refractivity contribution in [1.82, 2.24) is 30.4 Å². The van der Waals surface area contributed by atoms with Gasteiger partial charge in [-0.2, -0.15) is 0 Å². The minimum atomic E-state index is -0.912. The molecule has 2 aromatic carbocycles. The third kappa shape index (κ3) is 11.7. The van der Waals surface area contributed by atoms with Gasteiger partial charge in [0, 0.05) is 112 Å². The largest absolute Gasteiger partial charge is 0.370 e. The highest BCUT2D eigenvalue weighted by molar-refractivity contribution is 6.27. The van der Waals surface area contributed by atoms with Crippen LogP contribution in [0.15, 0.2) is 42.7 Å². The first-order valence-electron chi connectivity index (χ1n) is 25.8. The molecule has 16 nitrogen and oxygen atoms in total. The van der Waals surface area contributed by atoms with E-state index in [9.17, 15) is 28.8 Å². The zero-order chi connectivity index (χ0) is 49.9. The van der Waals surface area contributed by atoms with Gasteiger partial charge >= 0.3 is 0 Å². The lowest BCUT2D eigenvalue weighted by Gasteiger charge is -2.48. The lowest BCUT2D eigenvalue weighted by molar-refractivity contribution is -0.136. The van der Waals surface area contributed by atoms with Gasteiger partial charge < -0.3 is 30.2 Å². The second-order valence-corrected chi connectivity index (χ2v) is 21.5. The minimum Gasteiger partial charge on any atom is -0.370 e. The second kappa shape index (κ2) is 21.4. The van der Waals surface area contributed by atoms with E-state index < -0.39 is 34.9 Å². The molecule has 5 saturated heterocycles. The van der Waals surface area contributed by atoms with Gasteiger partial charge in [0.1, 0.15) is 29.6 Å². The summed E-state index contributed by atoms with van der Waals surface area (Å²) >= 11 is 0. The van der Waals surface area contributed by atoms with Crippen molar-refractivity contribution in [3.8, 4) is 0 Å². The van der Waals surface area contributed by atoms with Gasteiger partial charge in [-0.3, -0.25) is 39.0 Å². The molecule has 1 spiro atoms. The van der Waals surface area contributed by atoms with Crippen LogP contribution in [0.5, 0.6) is 0 Å². The number of likely N-dealkylation sites (tertiary alicyclic amines) is 1. The quantitative estimate of drug-likeness (QED) is 0.0880. The smallest absolute Gasteiger partial charge is 0.240 e. The van der Waals surface area contributed by atoms with Gasteiger partial charge in [-0.1, -0.05) is 33.1 Å². The molecule has 5 aliphatic heterocycles. The van der Waals surface area contributed by atoms with Gasteiger partial charge in [0.15, 0.2) is 11.6 Å². The van der Waals surface area contributed by atoms with Crippen molar-refractivity contribution in [2.24, 2.45) is 17.3 Å². The molecule has 9 rings (SSSR count). The highest BCUT2D eigenvalue weighted by Gasteiger charge is 2.44. The van der Waals surface area contributed by atoms with Gasteiger partial charge in [-0.05, 0) is 94.1 Å². The average Bonchev–Trinajstić information content (AvgIpc) is 3.58. The first-order chi connectivity index (χ1) is 34.1. The van der Waals surface area contributed by atoms with Crippen LogP contribution in [0.2, 0.25) is 0 Å². The zero-order valence-electron chi connectivity index (χ0n) is 41.2. The summed E-state index contributed by atoms with van der Waals surface area (Å²) in [6.45, 7) is 11.3. The van der Waals surface area contributed by atoms with Crippen LogP contribution in [0.4, 0.5) is 31.8 Å². The molecule has 6 aliphatic rings. The van der Waals surface area contributed by atoms with E-state index in [-0.39, 0.29) is 59.8 Å². The van der Waals surface area contributed by atoms with Crippen LogP contribution in [0, 0.1) is 28.9 Å². The van der Waals surface area contributed by atoms with E-state index in [2.05, 4.69) is 54.5 Å². The molecule has 6 heterocycles. The molecule has 18 heteroatoms. The number of imide groups is 1. The molecule has 71 heavy (non-hydrogen) atoms. The van der Waals surface area contributed by atoms with Crippen LogP contribution in [-0.2, 0) is 25.7 Å². The number of rotatable bonds is 16. The number of piperidine rings is 3. The fraction of sp³-hybridized carbons (Fsp3) is 0.585. The van der Waals surface area contributed by atoms with Crippen LogP contribution in [0.3, 0.4) is 0 Å². The van der Waals surface area contributed by atoms with E-state index in [1.807, 2.05) is 17.0 Å². The first-order valence-corrected chi connectivity index (χ1v) is 25.8. The van der Waals surface area contributed by atoms with Crippen molar-refractivity contribution in [2.45, 2.75) is 109 Å². The number of hydrogen-bond donors (Lipinski definition) is 3. The summed E-state index contributed by atoms with van der Waals surface area (Å²) in [6.07, 6.45) is 10.7. The summed E-state index contributed by atoms with van der Waals surface area (Å²) in [5, 5.41) is 8.93. The van der Waals surface area contributed by atoms with Crippen LogP contribution in [0.1, 0.15) is 124 Å². The number of Topliss-reactive ketones (excluding diaryl/α,β-unsaturated/α-hetero) is 2. The number of amides is 4. The molecule has 0 bridgehead atoms. The standard InChI is InChI=1S/C53H68F2N10O6/c1-52(2)13-18-61(19-14-52)31-36-27-42(55)43(29-41(36)54)65-32-47(67)60-53(33-65)15-20-63(21-16-53)45-30-44(57-34-58-45)56-17-7-5-3-4-6-8-48(68)64-24-22-62(23-25-64)37-10-11-38-39(28-37)50(70)40(49(38)69)26-35-9-12-46(66)59-51(35)71/h10-11,27-30,34-35,40H,3-9,12-26,31-33H2,1-2H3,(H,60,67)(H,56,57,58)(H,59,66,71). The Balaban J connectivity index is 0.654. The number of ketones is 2. The second-order valence-electron chi connectivity index (χ2n) is 21.5. The van der Waals surface area contributed by atoms with Crippen molar-refractivity contribution in [3.05, 3.63) is 71.1 Å². The predicted octanol–water partition coefficient (Wildman–Crippen LogP) is 5.89. The molecule has 380 valence electrons. The van der Waals surface area contributed by atoms with Crippen LogP contribution in [-0.4, -0.2) is 132 Å². The Morgan fingerprint density at radius 1 is 0.761 bits per heavy atom. The number of benzene rings is 2. The predicted molar refractivity (Wildman–Crippen MR) is 265 cm³/mol. The van der Waals surface area contributed by atoms with Crippen molar-refractivity contribution in [3.63, 3.8) is 0 Å². The number of carbonyl (C=O) groups is 6. The number of piperazine rings is 2. The number of nitrogens with one attached hydrogen (secondary N) is 3. The van der Waals surface area contributed by atoms with Gasteiger partial charge in [0.25, 0.3) is 0 Å². The van der Waals surface area contributed by atoms with Gasteiger partial charge in [-0.25, -0.2) is 18.7 Å². The molecule has 1 aliphatic carbocycles. The number of aromatic nitrogens is 2. The van der Waals surface area contributed by atoms with Crippen LogP contribution >= 0.6 is 0 Å². The summed E-state index contributed by atoms with van der Waals surface area (Å²) in [5.41, 5.74) is 1.76. The summed E-state index contributed by atoms with van der Waals surface area (Å²) in [6, 6.07) is 9.84. The summed E-state index contributed by atoms with van der Waals surface area (Å²) < 4.78 is 31.2. The van der Waals surface area contributed by atoms with Crippen molar-refractivity contribution in [1.29, 1.82) is 0 Å². The van der Waals surface area contributed by atoms with Crippen molar-refractivity contribution in [2.75, 3.05) is 92.0 Å². The number of carbonyl (C=O) groups excluding carboxylic acids is 6. The fourth-order valence-corrected chi connectivity index (χ4v) is 11.3. The first kappa shape index (κ1) is 49.9. The fourth-order valence-electron chi connectivity index (χ4n) is 11.3. The molecule has 3 aromatic rings. The van der Waals surface area contributed by atoms with Crippen molar-refractivity contribution < 1.29 is 37.5 Å². The van der Waals surface area contributed by atoms with E-state index >= 15 is 8.78 Å². The molecule has 3 N–H and O–H groups in total. The zero-order valence-corrected chi connectivity index (χ0v) is 41.2. The highest BCUT2D eigenvalue weighted by atomic mass is 19.1. The molecule has 4 amide bonds. The Morgan fingerprint density at radius 3 is 2.25 bits per heavy atom. The summed E-state index contributed by atoms with van der Waals surface area (Å²) in [4.78, 5) is 95.6. The Kier molecular flexibility index (Phi) is 15.0. The molecular formula is C53H68F2N10O6. The van der Waals surface area contributed by atoms with E-state index in [0.717, 1.165) is 81.9 Å². The third-order valence-corrected chi connectivity index (χ3v) is 15.9. The molecule has 2 atom stereocenters. The summed E-state index contributed by atoms with van der Waals surface area (Å²) in [5.74, 6) is -2.22. The van der Waals surface area contributed by atoms with E-state index in [4.69, 9.17) is 0 Å². The van der Waals surface area contributed by atoms with Crippen LogP contribution < -0.4 is 30.7 Å². The lowest BCUT2D eigenvalue weighted by Crippen LogP contribution is -2.66. The number of nitrogens with zero attached hydrogens (tertiary/aromatic N) is 7. The van der Waals surface area contributed by atoms with Crippen LogP contribution in [0.25, 0.3) is 0 Å². The Hall–Kier alpha value is -6.04. The molecule has 2 unspecified atom stereocenters. The maximum absolute atomic E-state index is 15.7. The van der Waals surface area contributed by atoms with Crippen molar-refractivity contribution >= 4 is 58.2 Å². The SMILES string of the molecule is CC1(C)CCN(Cc2cc(F)c(N3CC(=O)NC4(CCN(c5cc(NCCCCCCCC(=O)N6CCN(c7ccc8c(c7)C(=O)C(CC7CCC(=O)NC7=O)C8=O)CC6)ncn5)CC4)C3)cc2F)CC1. The Morgan fingerprint density at radius 2 is 1.49 bits per heavy atom. The molecular weight excluding hydrogens is 911 g/mol. The number of anilines is 4. The molecule has 1 aromatic heterocycles. The van der Waals surface area contributed by atoms with Gasteiger partial charge in [-0.15, -0.1) is 0 Å². The molecule has 5 fully saturated rings. The number of fused-ring (bicyclic) bond motifs is 1. The Labute approximate surface area is 414 Å². The third-order valence-electron chi connectivity index (χ3n) is 15.9. The van der Waals surface area contributed by atoms with Gasteiger partial charge in [0.05, 0.1) is 23.7 Å². The normalized spacial score (nSPS) is 22.5. The maximum Gasteiger partial charge on any atom is 0.240 e. The highest BCUT2D eigenvalue weighted by Crippen LogP contribution is 2.37. The van der Waals surface area contributed by atoms with E-state index in [0.29, 0.717) is 94.7 Å². The number of unbranched alkanes of at least 4 members (excludes halogenated alkanes) is 4. The number of hydrogen-bond acceptors (Lipinski definition) is 13. The van der Waals surface area contributed by atoms with E-state index in [1.165, 1.54) is 12.1 Å². The number of halogens is 2. The van der Waals surface area contributed by atoms with E-state index in [1.54, 1.807) is 23.4 Å². The summed E-state index contributed by atoms with van der Waals surface area (Å²) in [7, 11) is 0. The molecule has 0 saturated carbocycles. The monoisotopic (exact) mass is 979 g/mol. The minimum absolute atomic E-state index is 0.0274. The molecule has 0 radical (unpaired) electrons. The maximum atomic E-state index is 15.7. The lowest BCUT2D eigenvalue weighted by atomic mass is 9.82.